The SMILES string of the molecule is CCCCCCCCCCCCCCCCCCCC(=O)OC(CCCCCCCCCCCCCCCC)CC(=O)NC(CO)C(O)CCCCCCCCCCCCCCCC. The van der Waals surface area contributed by atoms with E-state index in [1.54, 1.807) is 0 Å². The summed E-state index contributed by atoms with van der Waals surface area (Å²) >= 11 is 0. The molecule has 0 aromatic rings. The lowest BCUT2D eigenvalue weighted by molar-refractivity contribution is -0.151. The van der Waals surface area contributed by atoms with Crippen molar-refractivity contribution in [1.82, 2.24) is 5.32 Å². The first-order chi connectivity index (χ1) is 31.5. The molecule has 0 aromatic carbocycles. The zero-order valence-corrected chi connectivity index (χ0v) is 43.7. The van der Waals surface area contributed by atoms with Gasteiger partial charge in [-0.25, -0.2) is 0 Å². The van der Waals surface area contributed by atoms with Gasteiger partial charge in [0.25, 0.3) is 0 Å². The summed E-state index contributed by atoms with van der Waals surface area (Å²) in [6, 6.07) is -0.693. The van der Waals surface area contributed by atoms with Gasteiger partial charge in [0, 0.05) is 6.42 Å². The van der Waals surface area contributed by atoms with Crippen LogP contribution in [0.1, 0.15) is 335 Å². The molecule has 0 fully saturated rings. The van der Waals surface area contributed by atoms with Crippen LogP contribution in [0.15, 0.2) is 0 Å². The summed E-state index contributed by atoms with van der Waals surface area (Å²) in [7, 11) is 0. The van der Waals surface area contributed by atoms with Crippen molar-refractivity contribution in [3.63, 3.8) is 0 Å². The Balaban J connectivity index is 4.47. The quantitative estimate of drug-likeness (QED) is 0.0417. The molecular weight excluding hydrogens is 791 g/mol. The number of hydrogen-bond donors (Lipinski definition) is 3. The van der Waals surface area contributed by atoms with Crippen LogP contribution in [0.5, 0.6) is 0 Å². The number of amides is 1. The highest BCUT2D eigenvalue weighted by molar-refractivity contribution is 5.77. The molecule has 0 saturated carbocycles. The van der Waals surface area contributed by atoms with Gasteiger partial charge < -0.3 is 20.3 Å². The minimum absolute atomic E-state index is 0.0886. The highest BCUT2D eigenvalue weighted by atomic mass is 16.5. The first kappa shape index (κ1) is 62.9. The number of carbonyl (C=O) groups is 2. The van der Waals surface area contributed by atoms with Gasteiger partial charge in [0.1, 0.15) is 6.10 Å². The van der Waals surface area contributed by atoms with Crippen LogP contribution in [-0.2, 0) is 14.3 Å². The Morgan fingerprint density at radius 2 is 0.656 bits per heavy atom. The number of rotatable bonds is 54. The molecule has 0 aliphatic rings. The zero-order valence-electron chi connectivity index (χ0n) is 43.7. The van der Waals surface area contributed by atoms with Gasteiger partial charge in [-0.05, 0) is 25.7 Å². The van der Waals surface area contributed by atoms with Gasteiger partial charge >= 0.3 is 5.97 Å². The van der Waals surface area contributed by atoms with E-state index in [4.69, 9.17) is 4.74 Å². The van der Waals surface area contributed by atoms with Crippen molar-refractivity contribution in [3.05, 3.63) is 0 Å². The fraction of sp³-hybridized carbons (Fsp3) is 0.966. The summed E-state index contributed by atoms with van der Waals surface area (Å²) in [5, 5.41) is 23.9. The molecule has 0 bridgehead atoms. The van der Waals surface area contributed by atoms with Crippen LogP contribution < -0.4 is 5.32 Å². The fourth-order valence-electron chi connectivity index (χ4n) is 9.49. The maximum atomic E-state index is 13.3. The lowest BCUT2D eigenvalue weighted by Gasteiger charge is -2.24. The summed E-state index contributed by atoms with van der Waals surface area (Å²) in [4.78, 5) is 26.3. The van der Waals surface area contributed by atoms with Crippen molar-refractivity contribution in [2.24, 2.45) is 0 Å². The third-order valence-electron chi connectivity index (χ3n) is 13.9. The molecule has 0 aromatic heterocycles. The first-order valence-corrected chi connectivity index (χ1v) is 29.3. The van der Waals surface area contributed by atoms with Crippen molar-refractivity contribution in [2.75, 3.05) is 6.61 Å². The Kier molecular flexibility index (Phi) is 51.9. The number of ether oxygens (including phenoxy) is 1. The van der Waals surface area contributed by atoms with Crippen molar-refractivity contribution in [1.29, 1.82) is 0 Å². The lowest BCUT2D eigenvalue weighted by Crippen LogP contribution is -2.46. The van der Waals surface area contributed by atoms with Crippen molar-refractivity contribution in [2.45, 2.75) is 354 Å². The Bertz CT molecular complexity index is 928. The van der Waals surface area contributed by atoms with Gasteiger partial charge in [-0.15, -0.1) is 0 Å². The summed E-state index contributed by atoms with van der Waals surface area (Å²) in [6.45, 7) is 6.54. The van der Waals surface area contributed by atoms with Gasteiger partial charge in [-0.3, -0.25) is 9.59 Å². The van der Waals surface area contributed by atoms with Crippen LogP contribution in [0.3, 0.4) is 0 Å². The molecule has 6 nitrogen and oxygen atoms in total. The standard InChI is InChI=1S/C58H115NO5/c1-4-7-10-13-16-19-22-25-28-29-30-33-36-39-42-45-48-51-58(63)64-54(49-46-43-40-37-34-31-26-23-20-17-14-11-8-5-2)52-57(62)59-55(53-60)56(61)50-47-44-41-38-35-32-27-24-21-18-15-12-9-6-3/h54-56,60-61H,4-53H2,1-3H3,(H,59,62). The van der Waals surface area contributed by atoms with Gasteiger partial charge in [-0.1, -0.05) is 297 Å². The topological polar surface area (TPSA) is 95.9 Å². The Hall–Kier alpha value is -1.14. The molecule has 3 N–H and O–H groups in total. The van der Waals surface area contributed by atoms with Crippen LogP contribution in [0, 0.1) is 0 Å². The van der Waals surface area contributed by atoms with Gasteiger partial charge in [-0.2, -0.15) is 0 Å². The Morgan fingerprint density at radius 1 is 0.391 bits per heavy atom. The minimum Gasteiger partial charge on any atom is -0.462 e. The third kappa shape index (κ3) is 47.4. The number of esters is 1. The average Bonchev–Trinajstić information content (AvgIpc) is 3.29. The summed E-state index contributed by atoms with van der Waals surface area (Å²) in [5.41, 5.74) is 0. The number of unbranched alkanes of at least 4 members (excludes halogenated alkanes) is 42. The van der Waals surface area contributed by atoms with E-state index < -0.39 is 18.2 Å². The van der Waals surface area contributed by atoms with Crippen LogP contribution >= 0.6 is 0 Å². The lowest BCUT2D eigenvalue weighted by atomic mass is 10.0. The van der Waals surface area contributed by atoms with Crippen LogP contribution in [-0.4, -0.2) is 46.9 Å². The van der Waals surface area contributed by atoms with Gasteiger partial charge in [0.05, 0.1) is 25.2 Å². The normalized spacial score (nSPS) is 13.0. The highest BCUT2D eigenvalue weighted by Gasteiger charge is 2.24. The number of nitrogens with one attached hydrogen (secondary N) is 1. The zero-order chi connectivity index (χ0) is 46.7. The summed E-state index contributed by atoms with van der Waals surface area (Å²) < 4.78 is 5.97. The number of aliphatic hydroxyl groups is 2. The molecule has 0 spiro atoms. The summed E-state index contributed by atoms with van der Waals surface area (Å²) in [5.74, 6) is -0.444. The predicted octanol–water partition coefficient (Wildman–Crippen LogP) is 17.9. The molecule has 0 radical (unpaired) electrons. The second-order valence-corrected chi connectivity index (χ2v) is 20.4. The van der Waals surface area contributed by atoms with Crippen molar-refractivity contribution >= 4 is 11.9 Å². The maximum absolute atomic E-state index is 13.3. The van der Waals surface area contributed by atoms with Crippen LogP contribution in [0.25, 0.3) is 0 Å². The fourth-order valence-corrected chi connectivity index (χ4v) is 9.49. The molecule has 3 unspecified atom stereocenters. The van der Waals surface area contributed by atoms with Crippen LogP contribution in [0.2, 0.25) is 0 Å². The van der Waals surface area contributed by atoms with E-state index in [0.717, 1.165) is 38.5 Å². The molecule has 1 amide bonds. The van der Waals surface area contributed by atoms with Crippen LogP contribution in [0.4, 0.5) is 0 Å². The van der Waals surface area contributed by atoms with E-state index in [-0.39, 0.29) is 24.9 Å². The third-order valence-corrected chi connectivity index (χ3v) is 13.9. The molecular formula is C58H115NO5. The Morgan fingerprint density at radius 3 is 0.953 bits per heavy atom. The number of hydrogen-bond acceptors (Lipinski definition) is 5. The second kappa shape index (κ2) is 52.8. The first-order valence-electron chi connectivity index (χ1n) is 29.3. The number of carbonyl (C=O) groups excluding carboxylic acids is 2. The molecule has 64 heavy (non-hydrogen) atoms. The van der Waals surface area contributed by atoms with Crippen molar-refractivity contribution < 1.29 is 24.5 Å². The molecule has 382 valence electrons. The molecule has 0 heterocycles. The second-order valence-electron chi connectivity index (χ2n) is 20.4. The van der Waals surface area contributed by atoms with Crippen molar-refractivity contribution in [3.8, 4) is 0 Å². The Labute approximate surface area is 400 Å². The molecule has 6 heteroatoms. The molecule has 0 saturated heterocycles. The largest absolute Gasteiger partial charge is 0.462 e. The maximum Gasteiger partial charge on any atom is 0.306 e. The van der Waals surface area contributed by atoms with E-state index in [9.17, 15) is 19.8 Å². The molecule has 0 rings (SSSR count). The average molecular weight is 907 g/mol. The monoisotopic (exact) mass is 906 g/mol. The molecule has 0 aliphatic carbocycles. The molecule has 0 aliphatic heterocycles. The minimum atomic E-state index is -0.780. The molecule has 3 atom stereocenters. The van der Waals surface area contributed by atoms with E-state index in [1.807, 2.05) is 0 Å². The van der Waals surface area contributed by atoms with Gasteiger partial charge in [0.2, 0.25) is 5.91 Å². The summed E-state index contributed by atoms with van der Waals surface area (Å²) in [6.07, 6.45) is 58.8. The van der Waals surface area contributed by atoms with E-state index in [2.05, 4.69) is 26.1 Å². The smallest absolute Gasteiger partial charge is 0.306 e. The highest BCUT2D eigenvalue weighted by Crippen LogP contribution is 2.19. The predicted molar refractivity (Wildman–Crippen MR) is 278 cm³/mol. The number of aliphatic hydroxyl groups excluding tert-OH is 2. The van der Waals surface area contributed by atoms with E-state index >= 15 is 0 Å². The van der Waals surface area contributed by atoms with E-state index in [0.29, 0.717) is 19.3 Å². The van der Waals surface area contributed by atoms with E-state index in [1.165, 1.54) is 250 Å². The van der Waals surface area contributed by atoms with Gasteiger partial charge in [0.15, 0.2) is 0 Å².